The van der Waals surface area contributed by atoms with Gasteiger partial charge < -0.3 is 9.84 Å². The minimum Gasteiger partial charge on any atom is -0.490 e. The van der Waals surface area contributed by atoms with E-state index in [-0.39, 0.29) is 11.9 Å². The van der Waals surface area contributed by atoms with Crippen LogP contribution in [0, 0.1) is 5.82 Å². The summed E-state index contributed by atoms with van der Waals surface area (Å²) >= 11 is 0. The van der Waals surface area contributed by atoms with Crippen molar-refractivity contribution in [3.63, 3.8) is 0 Å². The Morgan fingerprint density at radius 1 is 1.57 bits per heavy atom. The maximum absolute atomic E-state index is 12.9. The number of aliphatic hydroxyl groups is 1. The quantitative estimate of drug-likeness (QED) is 0.747. The molecule has 0 saturated heterocycles. The van der Waals surface area contributed by atoms with Gasteiger partial charge in [-0.25, -0.2) is 4.39 Å². The maximum Gasteiger partial charge on any atom is 0.128 e. The normalized spacial score (nSPS) is 25.4. The van der Waals surface area contributed by atoms with Crippen LogP contribution in [0.1, 0.15) is 31.4 Å². The highest BCUT2D eigenvalue weighted by Crippen LogP contribution is 2.35. The molecule has 1 aromatic rings. The molecule has 14 heavy (non-hydrogen) atoms. The van der Waals surface area contributed by atoms with Gasteiger partial charge in [0.05, 0.1) is 6.10 Å². The fourth-order valence-electron chi connectivity index (χ4n) is 1.74. The van der Waals surface area contributed by atoms with Crippen LogP contribution in [0.25, 0.3) is 0 Å². The predicted octanol–water partition coefficient (Wildman–Crippen LogP) is 2.42. The second kappa shape index (κ2) is 3.58. The number of hydrogen-bond donors (Lipinski definition) is 1. The Kier molecular flexibility index (Phi) is 2.42. The fraction of sp³-hybridized carbons (Fsp3) is 0.455. The number of halogens is 1. The predicted molar refractivity (Wildman–Crippen MR) is 50.7 cm³/mol. The van der Waals surface area contributed by atoms with Gasteiger partial charge in [-0.1, -0.05) is 6.92 Å². The smallest absolute Gasteiger partial charge is 0.128 e. The summed E-state index contributed by atoms with van der Waals surface area (Å²) < 4.78 is 18.4. The highest BCUT2D eigenvalue weighted by Gasteiger charge is 2.25. The SMILES string of the molecule is CCC1CC(O)c2ccc(F)cc2O1. The van der Waals surface area contributed by atoms with Gasteiger partial charge in [-0.2, -0.15) is 0 Å². The van der Waals surface area contributed by atoms with E-state index in [0.29, 0.717) is 17.7 Å². The Hall–Kier alpha value is -1.09. The molecule has 0 radical (unpaired) electrons. The fourth-order valence-corrected chi connectivity index (χ4v) is 1.74. The lowest BCUT2D eigenvalue weighted by molar-refractivity contribution is 0.0639. The number of benzene rings is 1. The zero-order chi connectivity index (χ0) is 10.1. The first-order valence-corrected chi connectivity index (χ1v) is 4.85. The molecule has 2 unspecified atom stereocenters. The van der Waals surface area contributed by atoms with Crippen molar-refractivity contribution in [2.24, 2.45) is 0 Å². The zero-order valence-electron chi connectivity index (χ0n) is 8.03. The molecule has 0 bridgehead atoms. The van der Waals surface area contributed by atoms with Crippen LogP contribution in [0.4, 0.5) is 4.39 Å². The molecule has 0 aliphatic carbocycles. The van der Waals surface area contributed by atoms with E-state index < -0.39 is 6.10 Å². The van der Waals surface area contributed by atoms with Crippen LogP contribution in [0.5, 0.6) is 5.75 Å². The van der Waals surface area contributed by atoms with E-state index in [0.717, 1.165) is 6.42 Å². The molecule has 1 aliphatic heterocycles. The third kappa shape index (κ3) is 1.60. The molecule has 76 valence electrons. The molecular weight excluding hydrogens is 183 g/mol. The van der Waals surface area contributed by atoms with E-state index in [4.69, 9.17) is 4.74 Å². The molecule has 2 nitrogen and oxygen atoms in total. The monoisotopic (exact) mass is 196 g/mol. The lowest BCUT2D eigenvalue weighted by Crippen LogP contribution is -2.24. The first-order valence-electron chi connectivity index (χ1n) is 4.85. The van der Waals surface area contributed by atoms with E-state index in [1.165, 1.54) is 12.1 Å². The number of hydrogen-bond acceptors (Lipinski definition) is 2. The summed E-state index contributed by atoms with van der Waals surface area (Å²) in [4.78, 5) is 0. The van der Waals surface area contributed by atoms with Crippen LogP contribution < -0.4 is 4.74 Å². The van der Waals surface area contributed by atoms with Gasteiger partial charge in [-0.3, -0.25) is 0 Å². The number of rotatable bonds is 1. The Balaban J connectivity index is 2.35. The minimum absolute atomic E-state index is 0.000648. The average molecular weight is 196 g/mol. The molecule has 0 amide bonds. The minimum atomic E-state index is -0.524. The van der Waals surface area contributed by atoms with Crippen molar-refractivity contribution in [2.75, 3.05) is 0 Å². The van der Waals surface area contributed by atoms with Crippen LogP contribution in [0.15, 0.2) is 18.2 Å². The lowest BCUT2D eigenvalue weighted by Gasteiger charge is -2.28. The van der Waals surface area contributed by atoms with Crippen LogP contribution in [-0.4, -0.2) is 11.2 Å². The number of fused-ring (bicyclic) bond motifs is 1. The molecule has 1 heterocycles. The summed E-state index contributed by atoms with van der Waals surface area (Å²) in [6.45, 7) is 1.99. The lowest BCUT2D eigenvalue weighted by atomic mass is 9.98. The summed E-state index contributed by atoms with van der Waals surface area (Å²) in [7, 11) is 0. The van der Waals surface area contributed by atoms with Crippen molar-refractivity contribution >= 4 is 0 Å². The van der Waals surface area contributed by atoms with Gasteiger partial charge in [-0.05, 0) is 18.6 Å². The summed E-state index contributed by atoms with van der Waals surface area (Å²) in [5.41, 5.74) is 0.691. The summed E-state index contributed by atoms with van der Waals surface area (Å²) in [6, 6.07) is 4.26. The van der Waals surface area contributed by atoms with E-state index in [1.54, 1.807) is 6.07 Å². The topological polar surface area (TPSA) is 29.5 Å². The van der Waals surface area contributed by atoms with Gasteiger partial charge in [0.1, 0.15) is 17.7 Å². The molecule has 0 saturated carbocycles. The van der Waals surface area contributed by atoms with E-state index >= 15 is 0 Å². The molecule has 0 fully saturated rings. The number of ether oxygens (including phenoxy) is 1. The Morgan fingerprint density at radius 2 is 2.36 bits per heavy atom. The summed E-state index contributed by atoms with van der Waals surface area (Å²) in [6.07, 6.45) is 0.894. The molecule has 2 atom stereocenters. The standard InChI is InChI=1S/C11H13FO2/c1-2-8-6-10(13)9-4-3-7(12)5-11(9)14-8/h3-5,8,10,13H,2,6H2,1H3. The van der Waals surface area contributed by atoms with Crippen molar-refractivity contribution in [2.45, 2.75) is 32.0 Å². The molecule has 2 rings (SSSR count). The van der Waals surface area contributed by atoms with Crippen molar-refractivity contribution in [3.05, 3.63) is 29.6 Å². The van der Waals surface area contributed by atoms with Crippen LogP contribution in [-0.2, 0) is 0 Å². The highest BCUT2D eigenvalue weighted by atomic mass is 19.1. The Bertz CT molecular complexity index is 338. The van der Waals surface area contributed by atoms with E-state index in [2.05, 4.69) is 0 Å². The maximum atomic E-state index is 12.9. The van der Waals surface area contributed by atoms with Gasteiger partial charge in [-0.15, -0.1) is 0 Å². The van der Waals surface area contributed by atoms with Crippen molar-refractivity contribution in [1.82, 2.24) is 0 Å². The van der Waals surface area contributed by atoms with Crippen molar-refractivity contribution < 1.29 is 14.2 Å². The Morgan fingerprint density at radius 3 is 3.07 bits per heavy atom. The van der Waals surface area contributed by atoms with Gasteiger partial charge in [0.15, 0.2) is 0 Å². The van der Waals surface area contributed by atoms with E-state index in [9.17, 15) is 9.50 Å². The second-order valence-corrected chi connectivity index (χ2v) is 3.58. The first kappa shape index (κ1) is 9.46. The molecule has 1 aromatic carbocycles. The first-order chi connectivity index (χ1) is 6.70. The van der Waals surface area contributed by atoms with Gasteiger partial charge in [0.2, 0.25) is 0 Å². The third-order valence-electron chi connectivity index (χ3n) is 2.57. The second-order valence-electron chi connectivity index (χ2n) is 3.58. The van der Waals surface area contributed by atoms with Gasteiger partial charge in [0, 0.05) is 18.1 Å². The molecule has 1 N–H and O–H groups in total. The van der Waals surface area contributed by atoms with E-state index in [1.807, 2.05) is 6.92 Å². The molecule has 3 heteroatoms. The summed E-state index contributed by atoms with van der Waals surface area (Å²) in [5.74, 6) is 0.156. The van der Waals surface area contributed by atoms with Gasteiger partial charge >= 0.3 is 0 Å². The third-order valence-corrected chi connectivity index (χ3v) is 2.57. The largest absolute Gasteiger partial charge is 0.490 e. The average Bonchev–Trinajstić information content (AvgIpc) is 2.16. The van der Waals surface area contributed by atoms with Crippen molar-refractivity contribution in [1.29, 1.82) is 0 Å². The van der Waals surface area contributed by atoms with Crippen LogP contribution in [0.3, 0.4) is 0 Å². The van der Waals surface area contributed by atoms with Crippen LogP contribution in [0.2, 0.25) is 0 Å². The molecular formula is C11H13FO2. The molecule has 0 spiro atoms. The Labute approximate surface area is 82.3 Å². The van der Waals surface area contributed by atoms with Gasteiger partial charge in [0.25, 0.3) is 0 Å². The molecule has 1 aliphatic rings. The van der Waals surface area contributed by atoms with Crippen molar-refractivity contribution in [3.8, 4) is 5.75 Å². The molecule has 0 aromatic heterocycles. The highest BCUT2D eigenvalue weighted by molar-refractivity contribution is 5.37. The zero-order valence-corrected chi connectivity index (χ0v) is 8.03. The van der Waals surface area contributed by atoms with Crippen LogP contribution >= 0.6 is 0 Å². The number of aliphatic hydroxyl groups excluding tert-OH is 1. The summed E-state index contributed by atoms with van der Waals surface area (Å²) in [5, 5.41) is 9.75.